The second-order valence-electron chi connectivity index (χ2n) is 4.83. The molecule has 2 rings (SSSR count). The molecular weight excluding hydrogens is 290 g/mol. The van der Waals surface area contributed by atoms with Crippen LogP contribution in [0.4, 0.5) is 20.3 Å². The van der Waals surface area contributed by atoms with Gasteiger partial charge >= 0.3 is 0 Å². The highest BCUT2D eigenvalue weighted by molar-refractivity contribution is 5.93. The lowest BCUT2D eigenvalue weighted by Gasteiger charge is -2.11. The number of nitrogens with zero attached hydrogens (tertiary/aromatic N) is 2. The second-order valence-corrected chi connectivity index (χ2v) is 4.83. The number of anilines is 2. The molecule has 22 heavy (non-hydrogen) atoms. The van der Waals surface area contributed by atoms with Crippen LogP contribution in [0.2, 0.25) is 0 Å². The fraction of sp³-hybridized carbons (Fsp3) is 0.267. The Morgan fingerprint density at radius 2 is 2.00 bits per heavy atom. The maximum absolute atomic E-state index is 13.2. The van der Waals surface area contributed by atoms with Gasteiger partial charge in [-0.05, 0) is 25.5 Å². The average molecular weight is 306 g/mol. The Bertz CT molecular complexity index is 678. The van der Waals surface area contributed by atoms with Gasteiger partial charge in [-0.2, -0.15) is 0 Å². The molecular formula is C15H16F2N4O. The van der Waals surface area contributed by atoms with E-state index in [1.54, 1.807) is 0 Å². The summed E-state index contributed by atoms with van der Waals surface area (Å²) in [5, 5.41) is 5.58. The largest absolute Gasteiger partial charge is 0.348 e. The van der Waals surface area contributed by atoms with E-state index in [0.717, 1.165) is 18.6 Å². The van der Waals surface area contributed by atoms with E-state index < -0.39 is 11.6 Å². The van der Waals surface area contributed by atoms with Crippen molar-refractivity contribution < 1.29 is 13.6 Å². The number of carbonyl (C=O) groups excluding carboxylic acids is 1. The molecule has 1 unspecified atom stereocenters. The van der Waals surface area contributed by atoms with E-state index in [1.807, 2.05) is 13.8 Å². The smallest absolute Gasteiger partial charge is 0.270 e. The van der Waals surface area contributed by atoms with Crippen LogP contribution in [0.3, 0.4) is 0 Å². The van der Waals surface area contributed by atoms with Crippen LogP contribution >= 0.6 is 0 Å². The number of carbonyl (C=O) groups is 1. The molecule has 5 nitrogen and oxygen atoms in total. The van der Waals surface area contributed by atoms with Gasteiger partial charge in [-0.15, -0.1) is 0 Å². The van der Waals surface area contributed by atoms with Crippen molar-refractivity contribution in [2.45, 2.75) is 26.3 Å². The normalized spacial score (nSPS) is 11.8. The second kappa shape index (κ2) is 6.93. The van der Waals surface area contributed by atoms with Crippen LogP contribution in [0.25, 0.3) is 0 Å². The number of amides is 1. The summed E-state index contributed by atoms with van der Waals surface area (Å²) < 4.78 is 26.0. The fourth-order valence-corrected chi connectivity index (χ4v) is 1.67. The summed E-state index contributed by atoms with van der Waals surface area (Å²) in [4.78, 5) is 19.8. The summed E-state index contributed by atoms with van der Waals surface area (Å²) in [5.41, 5.74) is 0.520. The molecule has 0 spiro atoms. The van der Waals surface area contributed by atoms with Crippen LogP contribution in [0.1, 0.15) is 30.8 Å². The highest BCUT2D eigenvalue weighted by atomic mass is 19.2. The topological polar surface area (TPSA) is 66.9 Å². The highest BCUT2D eigenvalue weighted by Gasteiger charge is 2.11. The van der Waals surface area contributed by atoms with Crippen LogP contribution in [0, 0.1) is 11.6 Å². The van der Waals surface area contributed by atoms with Gasteiger partial charge in [0.05, 0.1) is 0 Å². The van der Waals surface area contributed by atoms with Gasteiger partial charge in [0.15, 0.2) is 11.6 Å². The Kier molecular flexibility index (Phi) is 4.98. The molecule has 0 fully saturated rings. The van der Waals surface area contributed by atoms with Crippen LogP contribution in [-0.2, 0) is 0 Å². The summed E-state index contributed by atoms with van der Waals surface area (Å²) >= 11 is 0. The van der Waals surface area contributed by atoms with E-state index in [9.17, 15) is 13.6 Å². The predicted octanol–water partition coefficient (Wildman–Crippen LogP) is 3.03. The molecule has 0 radical (unpaired) electrons. The van der Waals surface area contributed by atoms with Crippen LogP contribution < -0.4 is 10.6 Å². The Morgan fingerprint density at radius 3 is 2.68 bits per heavy atom. The monoisotopic (exact) mass is 306 g/mol. The number of hydrogen-bond donors (Lipinski definition) is 2. The van der Waals surface area contributed by atoms with Gasteiger partial charge < -0.3 is 10.6 Å². The van der Waals surface area contributed by atoms with E-state index in [0.29, 0.717) is 11.5 Å². The molecule has 0 bridgehead atoms. The van der Waals surface area contributed by atoms with Crippen LogP contribution in [0.5, 0.6) is 0 Å². The van der Waals surface area contributed by atoms with Crippen molar-refractivity contribution in [2.75, 3.05) is 5.32 Å². The van der Waals surface area contributed by atoms with Crippen molar-refractivity contribution in [1.29, 1.82) is 0 Å². The van der Waals surface area contributed by atoms with E-state index in [2.05, 4.69) is 20.6 Å². The number of aromatic nitrogens is 2. The van der Waals surface area contributed by atoms with Gasteiger partial charge in [0, 0.05) is 23.9 Å². The SMILES string of the molecule is CCC(C)NC(=O)c1cc(Nc2ccc(F)c(F)c2)ncn1. The van der Waals surface area contributed by atoms with Crippen molar-refractivity contribution in [3.05, 3.63) is 47.9 Å². The van der Waals surface area contributed by atoms with Crippen molar-refractivity contribution in [3.8, 4) is 0 Å². The molecule has 0 aliphatic rings. The first-order valence-electron chi connectivity index (χ1n) is 6.84. The lowest BCUT2D eigenvalue weighted by atomic mass is 10.2. The molecule has 0 aliphatic heterocycles. The Balaban J connectivity index is 2.14. The first kappa shape index (κ1) is 15.8. The van der Waals surface area contributed by atoms with Gasteiger partial charge in [-0.25, -0.2) is 18.7 Å². The zero-order chi connectivity index (χ0) is 16.1. The lowest BCUT2D eigenvalue weighted by molar-refractivity contribution is 0.0934. The zero-order valence-corrected chi connectivity index (χ0v) is 12.2. The quantitative estimate of drug-likeness (QED) is 0.891. The van der Waals surface area contributed by atoms with Gasteiger partial charge in [-0.3, -0.25) is 4.79 Å². The van der Waals surface area contributed by atoms with Crippen LogP contribution in [0.15, 0.2) is 30.6 Å². The lowest BCUT2D eigenvalue weighted by Crippen LogP contribution is -2.32. The van der Waals surface area contributed by atoms with Crippen molar-refractivity contribution in [3.63, 3.8) is 0 Å². The highest BCUT2D eigenvalue weighted by Crippen LogP contribution is 2.17. The zero-order valence-electron chi connectivity index (χ0n) is 12.2. The van der Waals surface area contributed by atoms with E-state index in [4.69, 9.17) is 0 Å². The number of benzene rings is 1. The summed E-state index contributed by atoms with van der Waals surface area (Å²) in [7, 11) is 0. The van der Waals surface area contributed by atoms with Gasteiger partial charge in [-0.1, -0.05) is 6.92 Å². The molecule has 2 aromatic rings. The van der Waals surface area contributed by atoms with Gasteiger partial charge in [0.2, 0.25) is 0 Å². The molecule has 2 N–H and O–H groups in total. The van der Waals surface area contributed by atoms with Crippen molar-refractivity contribution in [1.82, 2.24) is 15.3 Å². The number of halogens is 2. The third-order valence-corrected chi connectivity index (χ3v) is 3.08. The first-order valence-corrected chi connectivity index (χ1v) is 6.84. The molecule has 1 heterocycles. The molecule has 0 saturated carbocycles. The third kappa shape index (κ3) is 3.97. The van der Waals surface area contributed by atoms with E-state index in [1.165, 1.54) is 18.5 Å². The first-order chi connectivity index (χ1) is 10.5. The van der Waals surface area contributed by atoms with E-state index >= 15 is 0 Å². The molecule has 116 valence electrons. The Hall–Kier alpha value is -2.57. The number of rotatable bonds is 5. The van der Waals surface area contributed by atoms with Gasteiger partial charge in [0.1, 0.15) is 17.8 Å². The molecule has 1 atom stereocenters. The van der Waals surface area contributed by atoms with Crippen molar-refractivity contribution >= 4 is 17.4 Å². The average Bonchev–Trinajstić information content (AvgIpc) is 2.51. The fourth-order valence-electron chi connectivity index (χ4n) is 1.67. The number of nitrogens with one attached hydrogen (secondary N) is 2. The molecule has 1 amide bonds. The van der Waals surface area contributed by atoms with Crippen molar-refractivity contribution in [2.24, 2.45) is 0 Å². The minimum Gasteiger partial charge on any atom is -0.348 e. The summed E-state index contributed by atoms with van der Waals surface area (Å²) in [5.74, 6) is -1.89. The Labute approximate surface area is 126 Å². The summed E-state index contributed by atoms with van der Waals surface area (Å²) in [6.45, 7) is 3.85. The standard InChI is InChI=1S/C15H16F2N4O/c1-3-9(2)20-15(22)13-7-14(19-8-18-13)21-10-4-5-11(16)12(17)6-10/h4-9H,3H2,1-2H3,(H,20,22)(H,18,19,21). The molecule has 0 aliphatic carbocycles. The molecule has 1 aromatic heterocycles. The van der Waals surface area contributed by atoms with E-state index in [-0.39, 0.29) is 17.6 Å². The molecule has 0 saturated heterocycles. The minimum atomic E-state index is -0.964. The minimum absolute atomic E-state index is 0.0325. The summed E-state index contributed by atoms with van der Waals surface area (Å²) in [6, 6.07) is 4.87. The maximum atomic E-state index is 13.2. The third-order valence-electron chi connectivity index (χ3n) is 3.08. The van der Waals surface area contributed by atoms with Crippen LogP contribution in [-0.4, -0.2) is 21.9 Å². The maximum Gasteiger partial charge on any atom is 0.270 e. The number of hydrogen-bond acceptors (Lipinski definition) is 4. The summed E-state index contributed by atoms with van der Waals surface area (Å²) in [6.07, 6.45) is 2.03. The predicted molar refractivity (Wildman–Crippen MR) is 78.9 cm³/mol. The Morgan fingerprint density at radius 1 is 1.23 bits per heavy atom. The molecule has 7 heteroatoms. The van der Waals surface area contributed by atoms with Gasteiger partial charge in [0.25, 0.3) is 5.91 Å². The molecule has 1 aromatic carbocycles.